The molecule has 0 bridgehead atoms. The molecule has 20 heavy (non-hydrogen) atoms. The van der Waals surface area contributed by atoms with E-state index in [1.807, 2.05) is 0 Å². The first-order valence-electron chi connectivity index (χ1n) is 6.12. The van der Waals surface area contributed by atoms with E-state index in [1.54, 1.807) is 36.4 Å². The minimum absolute atomic E-state index is 0.0558. The fraction of sp³-hybridized carbons (Fsp3) is 0.0625. The molecule has 3 nitrogen and oxygen atoms in total. The van der Waals surface area contributed by atoms with E-state index in [2.05, 4.69) is 0 Å². The third-order valence-corrected chi connectivity index (χ3v) is 3.12. The van der Waals surface area contributed by atoms with Crippen LogP contribution >= 0.6 is 0 Å². The summed E-state index contributed by atoms with van der Waals surface area (Å²) in [6, 6.07) is 13.1. The summed E-state index contributed by atoms with van der Waals surface area (Å²) in [6.45, 7) is 0. The average Bonchev–Trinajstić information content (AvgIpc) is 2.84. The molecule has 0 aliphatic rings. The predicted molar refractivity (Wildman–Crippen MR) is 72.9 cm³/mol. The van der Waals surface area contributed by atoms with Crippen LogP contribution in [0.5, 0.6) is 0 Å². The van der Waals surface area contributed by atoms with Gasteiger partial charge in [-0.1, -0.05) is 12.1 Å². The first kappa shape index (κ1) is 12.4. The standard InChI is InChI=1S/C16H11FO3/c17-12-6-4-10(5-7-12)15-9-13-11(8-16(18)19)2-1-3-14(13)20-15/h1-7,9H,8H2,(H,18,19). The Balaban J connectivity index is 2.10. The van der Waals surface area contributed by atoms with E-state index in [-0.39, 0.29) is 12.2 Å². The molecule has 0 unspecified atom stereocenters. The molecule has 0 aliphatic heterocycles. The molecule has 0 fully saturated rings. The number of furan rings is 1. The van der Waals surface area contributed by atoms with E-state index in [9.17, 15) is 9.18 Å². The van der Waals surface area contributed by atoms with E-state index in [1.165, 1.54) is 12.1 Å². The van der Waals surface area contributed by atoms with Crippen LogP contribution in [-0.2, 0) is 11.2 Å². The molecule has 100 valence electrons. The van der Waals surface area contributed by atoms with Crippen LogP contribution < -0.4 is 0 Å². The van der Waals surface area contributed by atoms with Crippen molar-refractivity contribution >= 4 is 16.9 Å². The Labute approximate surface area is 114 Å². The monoisotopic (exact) mass is 270 g/mol. The maximum atomic E-state index is 12.9. The smallest absolute Gasteiger partial charge is 0.307 e. The Hall–Kier alpha value is -2.62. The zero-order chi connectivity index (χ0) is 14.1. The van der Waals surface area contributed by atoms with Gasteiger partial charge in [-0.3, -0.25) is 4.79 Å². The Morgan fingerprint density at radius 1 is 1.15 bits per heavy atom. The number of carboxylic acids is 1. The molecular formula is C16H11FO3. The summed E-state index contributed by atoms with van der Waals surface area (Å²) in [5.41, 5.74) is 2.08. The van der Waals surface area contributed by atoms with Gasteiger partial charge >= 0.3 is 5.97 Å². The molecule has 4 heteroatoms. The van der Waals surface area contributed by atoms with Gasteiger partial charge in [0, 0.05) is 10.9 Å². The maximum Gasteiger partial charge on any atom is 0.307 e. The van der Waals surface area contributed by atoms with Gasteiger partial charge in [0.15, 0.2) is 0 Å². The summed E-state index contributed by atoms with van der Waals surface area (Å²) in [5, 5.41) is 9.68. The molecule has 2 aromatic carbocycles. The minimum Gasteiger partial charge on any atom is -0.481 e. The van der Waals surface area contributed by atoms with Crippen molar-refractivity contribution in [2.75, 3.05) is 0 Å². The Kier molecular flexibility index (Phi) is 2.99. The third-order valence-electron chi connectivity index (χ3n) is 3.12. The number of hydrogen-bond donors (Lipinski definition) is 1. The van der Waals surface area contributed by atoms with Crippen molar-refractivity contribution in [2.45, 2.75) is 6.42 Å². The largest absolute Gasteiger partial charge is 0.481 e. The zero-order valence-corrected chi connectivity index (χ0v) is 10.5. The van der Waals surface area contributed by atoms with Crippen molar-refractivity contribution in [1.29, 1.82) is 0 Å². The van der Waals surface area contributed by atoms with Gasteiger partial charge in [0.1, 0.15) is 17.2 Å². The number of fused-ring (bicyclic) bond motifs is 1. The second-order valence-corrected chi connectivity index (χ2v) is 4.52. The van der Waals surface area contributed by atoms with Gasteiger partial charge in [-0.2, -0.15) is 0 Å². The van der Waals surface area contributed by atoms with Crippen molar-refractivity contribution in [3.05, 3.63) is 59.9 Å². The second-order valence-electron chi connectivity index (χ2n) is 4.52. The number of halogens is 1. The summed E-state index contributed by atoms with van der Waals surface area (Å²) < 4.78 is 18.6. The predicted octanol–water partition coefficient (Wildman–Crippen LogP) is 3.87. The molecule has 3 aromatic rings. The Morgan fingerprint density at radius 2 is 1.90 bits per heavy atom. The molecule has 1 N–H and O–H groups in total. The number of benzene rings is 2. The van der Waals surface area contributed by atoms with E-state index >= 15 is 0 Å². The lowest BCUT2D eigenvalue weighted by Crippen LogP contribution is -1.99. The number of carbonyl (C=O) groups is 1. The number of carboxylic acid groups (broad SMARTS) is 1. The molecular weight excluding hydrogens is 259 g/mol. The SMILES string of the molecule is O=C(O)Cc1cccc2oc(-c3ccc(F)cc3)cc12. The van der Waals surface area contributed by atoms with Crippen LogP contribution in [0.4, 0.5) is 4.39 Å². The van der Waals surface area contributed by atoms with Gasteiger partial charge in [-0.25, -0.2) is 4.39 Å². The number of hydrogen-bond acceptors (Lipinski definition) is 2. The zero-order valence-electron chi connectivity index (χ0n) is 10.5. The molecule has 0 aliphatic carbocycles. The van der Waals surface area contributed by atoms with E-state index in [0.717, 1.165) is 10.9 Å². The summed E-state index contributed by atoms with van der Waals surface area (Å²) in [7, 11) is 0. The van der Waals surface area contributed by atoms with Crippen LogP contribution in [0.2, 0.25) is 0 Å². The molecule has 0 amide bonds. The van der Waals surface area contributed by atoms with Gasteiger partial charge in [0.2, 0.25) is 0 Å². The van der Waals surface area contributed by atoms with Crippen LogP contribution in [0.25, 0.3) is 22.3 Å². The van der Waals surface area contributed by atoms with Crippen molar-refractivity contribution < 1.29 is 18.7 Å². The number of rotatable bonds is 3. The van der Waals surface area contributed by atoms with Crippen LogP contribution in [0.1, 0.15) is 5.56 Å². The fourth-order valence-electron chi connectivity index (χ4n) is 2.19. The highest BCUT2D eigenvalue weighted by Crippen LogP contribution is 2.30. The second kappa shape index (κ2) is 4.81. The maximum absolute atomic E-state index is 12.9. The lowest BCUT2D eigenvalue weighted by Gasteiger charge is -1.97. The fourth-order valence-corrected chi connectivity index (χ4v) is 2.19. The average molecular weight is 270 g/mol. The van der Waals surface area contributed by atoms with Crippen molar-refractivity contribution in [3.8, 4) is 11.3 Å². The molecule has 0 radical (unpaired) electrons. The third kappa shape index (κ3) is 2.28. The van der Waals surface area contributed by atoms with Crippen LogP contribution in [0.3, 0.4) is 0 Å². The Bertz CT molecular complexity index is 772. The van der Waals surface area contributed by atoms with E-state index in [4.69, 9.17) is 9.52 Å². The molecule has 1 heterocycles. The van der Waals surface area contributed by atoms with Gasteiger partial charge in [0.25, 0.3) is 0 Å². The van der Waals surface area contributed by atoms with Crippen LogP contribution in [0.15, 0.2) is 52.9 Å². The molecule has 0 saturated carbocycles. The lowest BCUT2D eigenvalue weighted by atomic mass is 10.1. The highest BCUT2D eigenvalue weighted by molar-refractivity contribution is 5.88. The molecule has 0 atom stereocenters. The molecule has 1 aromatic heterocycles. The molecule has 3 rings (SSSR count). The van der Waals surface area contributed by atoms with E-state index in [0.29, 0.717) is 16.9 Å². The van der Waals surface area contributed by atoms with Crippen molar-refractivity contribution in [2.24, 2.45) is 0 Å². The van der Waals surface area contributed by atoms with Gasteiger partial charge in [-0.05, 0) is 42.0 Å². The summed E-state index contributed by atoms with van der Waals surface area (Å²) in [4.78, 5) is 10.9. The normalized spacial score (nSPS) is 10.8. The molecule has 0 spiro atoms. The highest BCUT2D eigenvalue weighted by atomic mass is 19.1. The van der Waals surface area contributed by atoms with Gasteiger partial charge < -0.3 is 9.52 Å². The summed E-state index contributed by atoms with van der Waals surface area (Å²) in [5.74, 6) is -0.601. The van der Waals surface area contributed by atoms with Crippen LogP contribution in [0, 0.1) is 5.82 Å². The van der Waals surface area contributed by atoms with E-state index < -0.39 is 5.97 Å². The topological polar surface area (TPSA) is 50.4 Å². The first-order valence-corrected chi connectivity index (χ1v) is 6.12. The highest BCUT2D eigenvalue weighted by Gasteiger charge is 2.11. The quantitative estimate of drug-likeness (QED) is 0.786. The summed E-state index contributed by atoms with van der Waals surface area (Å²) >= 11 is 0. The minimum atomic E-state index is -0.887. The lowest BCUT2D eigenvalue weighted by molar-refractivity contribution is -0.136. The van der Waals surface area contributed by atoms with Gasteiger partial charge in [0.05, 0.1) is 6.42 Å². The van der Waals surface area contributed by atoms with Crippen LogP contribution in [-0.4, -0.2) is 11.1 Å². The number of aliphatic carboxylic acids is 1. The molecule has 0 saturated heterocycles. The Morgan fingerprint density at radius 3 is 2.60 bits per heavy atom. The van der Waals surface area contributed by atoms with Crippen molar-refractivity contribution in [1.82, 2.24) is 0 Å². The summed E-state index contributed by atoms with van der Waals surface area (Å²) in [6.07, 6.45) is -0.0558. The van der Waals surface area contributed by atoms with Gasteiger partial charge in [-0.15, -0.1) is 0 Å². The van der Waals surface area contributed by atoms with Crippen molar-refractivity contribution in [3.63, 3.8) is 0 Å². The first-order chi connectivity index (χ1) is 9.63.